The van der Waals surface area contributed by atoms with Gasteiger partial charge in [-0.3, -0.25) is 4.79 Å². The molecule has 2 rings (SSSR count). The summed E-state index contributed by atoms with van der Waals surface area (Å²) < 4.78 is 10.5. The fraction of sp³-hybridized carbons (Fsp3) is 0.500. The van der Waals surface area contributed by atoms with Crippen molar-refractivity contribution in [3.8, 4) is 11.5 Å². The summed E-state index contributed by atoms with van der Waals surface area (Å²) in [5, 5.41) is 2.78. The Hall–Kier alpha value is -1.46. The van der Waals surface area contributed by atoms with Crippen LogP contribution >= 0.6 is 12.4 Å². The molecule has 5 nitrogen and oxygen atoms in total. The van der Waals surface area contributed by atoms with E-state index < -0.39 is 0 Å². The number of carbonyl (C=O) groups is 1. The molecule has 1 aromatic carbocycles. The Morgan fingerprint density at radius 2 is 2.15 bits per heavy atom. The number of nitrogens with one attached hydrogen (secondary N) is 1. The van der Waals surface area contributed by atoms with E-state index >= 15 is 0 Å². The lowest BCUT2D eigenvalue weighted by Crippen LogP contribution is -2.40. The van der Waals surface area contributed by atoms with Crippen LogP contribution < -0.4 is 20.5 Å². The van der Waals surface area contributed by atoms with Crippen molar-refractivity contribution < 1.29 is 14.3 Å². The molecule has 1 atom stereocenters. The Bertz CT molecular complexity index is 438. The number of amides is 1. The summed E-state index contributed by atoms with van der Waals surface area (Å²) in [6.45, 7) is 0.509. The highest BCUT2D eigenvalue weighted by Gasteiger charge is 2.28. The van der Waals surface area contributed by atoms with Crippen LogP contribution in [0.25, 0.3) is 0 Å². The van der Waals surface area contributed by atoms with Gasteiger partial charge in [0.15, 0.2) is 6.61 Å². The van der Waals surface area contributed by atoms with Crippen LogP contribution in [0.4, 0.5) is 0 Å². The van der Waals surface area contributed by atoms with Crippen LogP contribution in [0.3, 0.4) is 0 Å². The van der Waals surface area contributed by atoms with Gasteiger partial charge in [0.2, 0.25) is 0 Å². The zero-order valence-electron chi connectivity index (χ0n) is 11.5. The number of hydrogen-bond donors (Lipinski definition) is 2. The first-order valence-corrected chi connectivity index (χ1v) is 6.48. The molecule has 0 aliphatic heterocycles. The Kier molecular flexibility index (Phi) is 6.61. The van der Waals surface area contributed by atoms with Crippen molar-refractivity contribution in [1.29, 1.82) is 0 Å². The molecule has 6 heteroatoms. The fourth-order valence-electron chi connectivity index (χ4n) is 1.81. The Labute approximate surface area is 125 Å². The molecule has 0 radical (unpaired) electrons. The molecule has 1 aliphatic rings. The summed E-state index contributed by atoms with van der Waals surface area (Å²) in [4.78, 5) is 11.6. The predicted molar refractivity (Wildman–Crippen MR) is 79.4 cm³/mol. The van der Waals surface area contributed by atoms with E-state index in [9.17, 15) is 4.79 Å². The van der Waals surface area contributed by atoms with Gasteiger partial charge >= 0.3 is 0 Å². The number of methoxy groups -OCH3 is 1. The van der Waals surface area contributed by atoms with Gasteiger partial charge in [-0.2, -0.15) is 0 Å². The van der Waals surface area contributed by atoms with Crippen molar-refractivity contribution in [2.24, 2.45) is 11.7 Å². The van der Waals surface area contributed by atoms with Crippen LogP contribution in [0.5, 0.6) is 11.5 Å². The van der Waals surface area contributed by atoms with Gasteiger partial charge in [0.25, 0.3) is 5.91 Å². The third-order valence-corrected chi connectivity index (χ3v) is 3.17. The summed E-state index contributed by atoms with van der Waals surface area (Å²) in [7, 11) is 1.59. The topological polar surface area (TPSA) is 73.6 Å². The molecule has 3 N–H and O–H groups in total. The van der Waals surface area contributed by atoms with Crippen LogP contribution in [-0.4, -0.2) is 32.2 Å². The Morgan fingerprint density at radius 1 is 1.45 bits per heavy atom. The van der Waals surface area contributed by atoms with Crippen LogP contribution in [-0.2, 0) is 4.79 Å². The van der Waals surface area contributed by atoms with Crippen molar-refractivity contribution in [2.45, 2.75) is 18.9 Å². The van der Waals surface area contributed by atoms with Gasteiger partial charge in [-0.1, -0.05) is 6.07 Å². The second kappa shape index (κ2) is 7.97. The summed E-state index contributed by atoms with van der Waals surface area (Å²) in [6, 6.07) is 7.23. The van der Waals surface area contributed by atoms with E-state index in [2.05, 4.69) is 5.32 Å². The van der Waals surface area contributed by atoms with Gasteiger partial charge in [0.1, 0.15) is 11.5 Å². The van der Waals surface area contributed by atoms with Crippen LogP contribution in [0.1, 0.15) is 12.8 Å². The Balaban J connectivity index is 0.00000200. The minimum atomic E-state index is -0.154. The lowest BCUT2D eigenvalue weighted by molar-refractivity contribution is -0.123. The average Bonchev–Trinajstić information content (AvgIpc) is 3.27. The zero-order valence-corrected chi connectivity index (χ0v) is 12.3. The van der Waals surface area contributed by atoms with Gasteiger partial charge in [0, 0.05) is 18.7 Å². The lowest BCUT2D eigenvalue weighted by atomic mass is 10.2. The number of carbonyl (C=O) groups excluding carboxylic acids is 1. The Morgan fingerprint density at radius 3 is 2.80 bits per heavy atom. The van der Waals surface area contributed by atoms with E-state index in [4.69, 9.17) is 15.2 Å². The maximum Gasteiger partial charge on any atom is 0.257 e. The highest BCUT2D eigenvalue weighted by molar-refractivity contribution is 5.85. The molecule has 1 amide bonds. The molecular weight excluding hydrogens is 280 g/mol. The quantitative estimate of drug-likeness (QED) is 0.797. The predicted octanol–water partition coefficient (Wildman–Crippen LogP) is 1.35. The number of hydrogen-bond acceptors (Lipinski definition) is 4. The van der Waals surface area contributed by atoms with Crippen molar-refractivity contribution in [1.82, 2.24) is 5.32 Å². The monoisotopic (exact) mass is 300 g/mol. The standard InChI is InChI=1S/C14H20N2O3.ClH/c1-18-11-3-2-4-12(7-11)19-9-14(17)16-8-13(15)10-5-6-10;/h2-4,7,10,13H,5-6,8-9,15H2,1H3,(H,16,17);1H. The second-order valence-electron chi connectivity index (χ2n) is 4.77. The van der Waals surface area contributed by atoms with Gasteiger partial charge in [-0.15, -0.1) is 12.4 Å². The molecule has 0 spiro atoms. The minimum absolute atomic E-state index is 0. The van der Waals surface area contributed by atoms with E-state index in [1.807, 2.05) is 12.1 Å². The molecule has 1 aliphatic carbocycles. The number of ether oxygens (including phenoxy) is 2. The normalized spacial score (nSPS) is 14.9. The highest BCUT2D eigenvalue weighted by Crippen LogP contribution is 2.31. The smallest absolute Gasteiger partial charge is 0.257 e. The molecule has 1 unspecified atom stereocenters. The number of halogens is 1. The van der Waals surface area contributed by atoms with Gasteiger partial charge in [-0.05, 0) is 30.9 Å². The van der Waals surface area contributed by atoms with Gasteiger partial charge in [-0.25, -0.2) is 0 Å². The number of benzene rings is 1. The highest BCUT2D eigenvalue weighted by atomic mass is 35.5. The first kappa shape index (κ1) is 16.6. The third-order valence-electron chi connectivity index (χ3n) is 3.17. The SMILES string of the molecule is COc1cccc(OCC(=O)NCC(N)C2CC2)c1.Cl. The molecule has 1 aromatic rings. The lowest BCUT2D eigenvalue weighted by Gasteiger charge is -2.12. The molecule has 112 valence electrons. The summed E-state index contributed by atoms with van der Waals surface area (Å²) in [5.41, 5.74) is 5.90. The second-order valence-corrected chi connectivity index (χ2v) is 4.77. The number of rotatable bonds is 7. The van der Waals surface area contributed by atoms with Crippen molar-refractivity contribution in [3.05, 3.63) is 24.3 Å². The summed E-state index contributed by atoms with van der Waals surface area (Å²) in [6.07, 6.45) is 2.36. The van der Waals surface area contributed by atoms with Crippen LogP contribution in [0, 0.1) is 5.92 Å². The maximum absolute atomic E-state index is 11.6. The van der Waals surface area contributed by atoms with Crippen molar-refractivity contribution >= 4 is 18.3 Å². The van der Waals surface area contributed by atoms with E-state index in [1.54, 1.807) is 19.2 Å². The van der Waals surface area contributed by atoms with Gasteiger partial charge < -0.3 is 20.5 Å². The van der Waals surface area contributed by atoms with Crippen LogP contribution in [0.2, 0.25) is 0 Å². The molecule has 0 heterocycles. The molecule has 1 saturated carbocycles. The molecular formula is C14H21ClN2O3. The number of nitrogens with two attached hydrogens (primary N) is 1. The largest absolute Gasteiger partial charge is 0.497 e. The molecule has 0 bridgehead atoms. The fourth-order valence-corrected chi connectivity index (χ4v) is 1.81. The first-order valence-electron chi connectivity index (χ1n) is 6.48. The molecule has 0 aromatic heterocycles. The van der Waals surface area contributed by atoms with Crippen molar-refractivity contribution in [2.75, 3.05) is 20.3 Å². The van der Waals surface area contributed by atoms with Crippen LogP contribution in [0.15, 0.2) is 24.3 Å². The van der Waals surface area contributed by atoms with E-state index in [0.29, 0.717) is 24.0 Å². The van der Waals surface area contributed by atoms with E-state index in [-0.39, 0.29) is 31.0 Å². The summed E-state index contributed by atoms with van der Waals surface area (Å²) >= 11 is 0. The maximum atomic E-state index is 11.6. The van der Waals surface area contributed by atoms with Gasteiger partial charge in [0.05, 0.1) is 7.11 Å². The van der Waals surface area contributed by atoms with Crippen molar-refractivity contribution in [3.63, 3.8) is 0 Å². The molecule has 1 fully saturated rings. The average molecular weight is 301 g/mol. The molecule has 20 heavy (non-hydrogen) atoms. The first-order chi connectivity index (χ1) is 9.19. The van der Waals surface area contributed by atoms with E-state index in [1.165, 1.54) is 12.8 Å². The third kappa shape index (κ3) is 5.27. The van der Waals surface area contributed by atoms with E-state index in [0.717, 1.165) is 0 Å². The zero-order chi connectivity index (χ0) is 13.7. The minimum Gasteiger partial charge on any atom is -0.497 e. The molecule has 0 saturated heterocycles. The summed E-state index contributed by atoms with van der Waals surface area (Å²) in [5.74, 6) is 1.74.